The maximum atomic E-state index is 5.79. The summed E-state index contributed by atoms with van der Waals surface area (Å²) in [6.07, 6.45) is 3.70. The molecular weight excluding hydrogens is 148 g/mol. The minimum Gasteiger partial charge on any atom is -0.375 e. The van der Waals surface area contributed by atoms with Gasteiger partial charge in [0, 0.05) is 6.61 Å². The quantitative estimate of drug-likeness (QED) is 0.594. The topological polar surface area (TPSA) is 9.23 Å². The molecule has 0 spiro atoms. The Balaban J connectivity index is 3.56. The first-order valence-electron chi connectivity index (χ1n) is 5.12. The summed E-state index contributed by atoms with van der Waals surface area (Å²) in [7, 11) is 0. The van der Waals surface area contributed by atoms with Gasteiger partial charge in [-0.3, -0.25) is 0 Å². The Morgan fingerprint density at radius 3 is 2.25 bits per heavy atom. The number of hydrogen-bond acceptors (Lipinski definition) is 1. The highest BCUT2D eigenvalue weighted by molar-refractivity contribution is 4.68. The van der Waals surface area contributed by atoms with Crippen LogP contribution in [0.1, 0.15) is 53.9 Å². The predicted octanol–water partition coefficient (Wildman–Crippen LogP) is 3.63. The van der Waals surface area contributed by atoms with Crippen LogP contribution in [0.5, 0.6) is 0 Å². The standard InChI is InChI=1S/C11H24O/c1-6-7-8-11(4,5)12-9-10(2)3/h10H,6-9H2,1-5H3. The Morgan fingerprint density at radius 1 is 1.25 bits per heavy atom. The lowest BCUT2D eigenvalue weighted by molar-refractivity contribution is -0.0371. The number of rotatable bonds is 6. The molecule has 1 heteroatoms. The molecule has 0 unspecified atom stereocenters. The summed E-state index contributed by atoms with van der Waals surface area (Å²) in [5.74, 6) is 0.644. The van der Waals surface area contributed by atoms with Crippen molar-refractivity contribution in [2.45, 2.75) is 59.5 Å². The summed E-state index contributed by atoms with van der Waals surface area (Å²) in [5, 5.41) is 0. The van der Waals surface area contributed by atoms with Crippen molar-refractivity contribution in [1.29, 1.82) is 0 Å². The highest BCUT2D eigenvalue weighted by Gasteiger charge is 2.17. The van der Waals surface area contributed by atoms with Gasteiger partial charge in [0.1, 0.15) is 0 Å². The molecule has 0 N–H and O–H groups in total. The Hall–Kier alpha value is -0.0400. The van der Waals surface area contributed by atoms with E-state index in [-0.39, 0.29) is 5.60 Å². The Labute approximate surface area is 77.5 Å². The van der Waals surface area contributed by atoms with Crippen molar-refractivity contribution in [3.63, 3.8) is 0 Å². The monoisotopic (exact) mass is 172 g/mol. The summed E-state index contributed by atoms with van der Waals surface area (Å²) in [6, 6.07) is 0. The Kier molecular flexibility index (Phi) is 5.56. The first kappa shape index (κ1) is 12.0. The van der Waals surface area contributed by atoms with Crippen molar-refractivity contribution in [2.75, 3.05) is 6.61 Å². The van der Waals surface area contributed by atoms with Gasteiger partial charge in [0.05, 0.1) is 5.60 Å². The number of unbranched alkanes of at least 4 members (excludes halogenated alkanes) is 1. The van der Waals surface area contributed by atoms with Crippen LogP contribution in [0.15, 0.2) is 0 Å². The molecule has 0 aliphatic heterocycles. The van der Waals surface area contributed by atoms with Crippen LogP contribution in [0.2, 0.25) is 0 Å². The molecule has 0 heterocycles. The van der Waals surface area contributed by atoms with Crippen molar-refractivity contribution < 1.29 is 4.74 Å². The molecule has 0 fully saturated rings. The third kappa shape index (κ3) is 6.66. The summed E-state index contributed by atoms with van der Waals surface area (Å²) in [6.45, 7) is 11.9. The lowest BCUT2D eigenvalue weighted by Gasteiger charge is -2.26. The molecule has 12 heavy (non-hydrogen) atoms. The van der Waals surface area contributed by atoms with Gasteiger partial charge in [-0.25, -0.2) is 0 Å². The van der Waals surface area contributed by atoms with Gasteiger partial charge in [0.2, 0.25) is 0 Å². The highest BCUT2D eigenvalue weighted by Crippen LogP contribution is 2.18. The first-order chi connectivity index (χ1) is 5.48. The van der Waals surface area contributed by atoms with Crippen molar-refractivity contribution in [3.05, 3.63) is 0 Å². The van der Waals surface area contributed by atoms with Gasteiger partial charge >= 0.3 is 0 Å². The van der Waals surface area contributed by atoms with Crippen LogP contribution < -0.4 is 0 Å². The molecular formula is C11H24O. The van der Waals surface area contributed by atoms with Crippen molar-refractivity contribution >= 4 is 0 Å². The minimum absolute atomic E-state index is 0.0836. The van der Waals surface area contributed by atoms with Crippen LogP contribution in [-0.2, 0) is 4.74 Å². The van der Waals surface area contributed by atoms with Gasteiger partial charge in [-0.2, -0.15) is 0 Å². The Morgan fingerprint density at radius 2 is 1.83 bits per heavy atom. The summed E-state index contributed by atoms with van der Waals surface area (Å²) >= 11 is 0. The molecule has 0 saturated carbocycles. The fourth-order valence-electron chi connectivity index (χ4n) is 1.07. The highest BCUT2D eigenvalue weighted by atomic mass is 16.5. The van der Waals surface area contributed by atoms with Gasteiger partial charge in [-0.15, -0.1) is 0 Å². The van der Waals surface area contributed by atoms with E-state index in [0.717, 1.165) is 6.61 Å². The molecule has 0 atom stereocenters. The molecule has 74 valence electrons. The average Bonchev–Trinajstić information content (AvgIpc) is 1.98. The zero-order chi connectivity index (χ0) is 9.61. The third-order valence-electron chi connectivity index (χ3n) is 1.94. The SMILES string of the molecule is CCCCC(C)(C)OCC(C)C. The van der Waals surface area contributed by atoms with Crippen LogP contribution in [-0.4, -0.2) is 12.2 Å². The molecule has 0 amide bonds. The first-order valence-corrected chi connectivity index (χ1v) is 5.12. The van der Waals surface area contributed by atoms with E-state index >= 15 is 0 Å². The van der Waals surface area contributed by atoms with E-state index in [1.165, 1.54) is 19.3 Å². The summed E-state index contributed by atoms with van der Waals surface area (Å²) < 4.78 is 5.79. The van der Waals surface area contributed by atoms with Crippen LogP contribution >= 0.6 is 0 Å². The zero-order valence-corrected chi connectivity index (χ0v) is 9.31. The number of ether oxygens (including phenoxy) is 1. The molecule has 0 radical (unpaired) electrons. The predicted molar refractivity (Wildman–Crippen MR) is 54.4 cm³/mol. The molecule has 0 aliphatic carbocycles. The van der Waals surface area contributed by atoms with E-state index in [9.17, 15) is 0 Å². The van der Waals surface area contributed by atoms with E-state index in [1.54, 1.807) is 0 Å². The van der Waals surface area contributed by atoms with Gasteiger partial charge in [0.15, 0.2) is 0 Å². The second kappa shape index (κ2) is 5.58. The van der Waals surface area contributed by atoms with Crippen molar-refractivity contribution in [2.24, 2.45) is 5.92 Å². The molecule has 0 rings (SSSR count). The summed E-state index contributed by atoms with van der Waals surface area (Å²) in [5.41, 5.74) is 0.0836. The van der Waals surface area contributed by atoms with Crippen molar-refractivity contribution in [1.82, 2.24) is 0 Å². The van der Waals surface area contributed by atoms with Crippen molar-refractivity contribution in [3.8, 4) is 0 Å². The second-order valence-electron chi connectivity index (χ2n) is 4.57. The van der Waals surface area contributed by atoms with E-state index < -0.39 is 0 Å². The largest absolute Gasteiger partial charge is 0.375 e. The molecule has 0 bridgehead atoms. The van der Waals surface area contributed by atoms with Crippen LogP contribution in [0.4, 0.5) is 0 Å². The fourth-order valence-corrected chi connectivity index (χ4v) is 1.07. The van der Waals surface area contributed by atoms with Gasteiger partial charge in [-0.05, 0) is 26.2 Å². The van der Waals surface area contributed by atoms with Crippen LogP contribution in [0.3, 0.4) is 0 Å². The zero-order valence-electron chi connectivity index (χ0n) is 9.31. The molecule has 1 nitrogen and oxygen atoms in total. The Bertz CT molecular complexity index is 106. The molecule has 0 aromatic heterocycles. The van der Waals surface area contributed by atoms with Gasteiger partial charge in [0.25, 0.3) is 0 Å². The molecule has 0 aromatic rings. The maximum Gasteiger partial charge on any atom is 0.0626 e. The van der Waals surface area contributed by atoms with Gasteiger partial charge in [-0.1, -0.05) is 33.6 Å². The smallest absolute Gasteiger partial charge is 0.0626 e. The molecule has 0 saturated heterocycles. The maximum absolute atomic E-state index is 5.79. The van der Waals surface area contributed by atoms with E-state index in [0.29, 0.717) is 5.92 Å². The molecule has 0 aromatic carbocycles. The van der Waals surface area contributed by atoms with E-state index in [2.05, 4.69) is 34.6 Å². The average molecular weight is 172 g/mol. The third-order valence-corrected chi connectivity index (χ3v) is 1.94. The fraction of sp³-hybridized carbons (Fsp3) is 1.00. The second-order valence-corrected chi connectivity index (χ2v) is 4.57. The summed E-state index contributed by atoms with van der Waals surface area (Å²) in [4.78, 5) is 0. The van der Waals surface area contributed by atoms with Crippen LogP contribution in [0.25, 0.3) is 0 Å². The lowest BCUT2D eigenvalue weighted by atomic mass is 10.0. The lowest BCUT2D eigenvalue weighted by Crippen LogP contribution is -2.26. The van der Waals surface area contributed by atoms with Crippen LogP contribution in [0, 0.1) is 5.92 Å². The molecule has 0 aliphatic rings. The van der Waals surface area contributed by atoms with Gasteiger partial charge < -0.3 is 4.74 Å². The number of hydrogen-bond donors (Lipinski definition) is 0. The van der Waals surface area contributed by atoms with E-state index in [1.807, 2.05) is 0 Å². The normalized spacial score (nSPS) is 12.5. The van der Waals surface area contributed by atoms with E-state index in [4.69, 9.17) is 4.74 Å². The minimum atomic E-state index is 0.0836.